The molecule has 1 aromatic carbocycles. The van der Waals surface area contributed by atoms with Crippen LogP contribution >= 0.6 is 11.6 Å². The van der Waals surface area contributed by atoms with E-state index < -0.39 is 11.9 Å². The Morgan fingerprint density at radius 3 is 2.78 bits per heavy atom. The topological polar surface area (TPSA) is 108 Å². The smallest absolute Gasteiger partial charge is 0.339 e. The number of aromatic nitrogens is 3. The van der Waals surface area contributed by atoms with Gasteiger partial charge in [-0.25, -0.2) is 4.79 Å². The molecule has 0 aliphatic carbocycles. The molecule has 3 N–H and O–H groups in total. The van der Waals surface area contributed by atoms with Gasteiger partial charge in [-0.2, -0.15) is 15.4 Å². The standard InChI is InChI=1S/C10H7ClN4O3/c11-5-2-1-3-6(8(5)10(17)18)13-9(16)7-4-12-15-14-7/h1-4H,(H,13,16)(H,17,18)(H,12,14,15). The fraction of sp³-hybridized carbons (Fsp3) is 0. The number of halogens is 1. The van der Waals surface area contributed by atoms with E-state index in [2.05, 4.69) is 20.7 Å². The normalized spacial score (nSPS) is 10.1. The van der Waals surface area contributed by atoms with E-state index >= 15 is 0 Å². The number of nitrogens with zero attached hydrogens (tertiary/aromatic N) is 2. The summed E-state index contributed by atoms with van der Waals surface area (Å²) in [6.07, 6.45) is 1.22. The Hall–Kier alpha value is -2.41. The van der Waals surface area contributed by atoms with Crippen molar-refractivity contribution in [3.63, 3.8) is 0 Å². The number of rotatable bonds is 3. The van der Waals surface area contributed by atoms with Gasteiger partial charge in [0.05, 0.1) is 16.9 Å². The maximum absolute atomic E-state index is 11.7. The summed E-state index contributed by atoms with van der Waals surface area (Å²) in [5, 5.41) is 20.8. The number of anilines is 1. The average Bonchev–Trinajstić information content (AvgIpc) is 2.81. The van der Waals surface area contributed by atoms with Crippen molar-refractivity contribution < 1.29 is 14.7 Å². The molecule has 2 rings (SSSR count). The first-order valence-electron chi connectivity index (χ1n) is 4.78. The highest BCUT2D eigenvalue weighted by molar-refractivity contribution is 6.34. The Morgan fingerprint density at radius 1 is 1.39 bits per heavy atom. The van der Waals surface area contributed by atoms with Crippen LogP contribution in [0.3, 0.4) is 0 Å². The summed E-state index contributed by atoms with van der Waals surface area (Å²) in [5.41, 5.74) is -0.0228. The van der Waals surface area contributed by atoms with Gasteiger partial charge in [0.15, 0.2) is 5.69 Å². The van der Waals surface area contributed by atoms with Crippen LogP contribution in [-0.2, 0) is 0 Å². The Balaban J connectivity index is 2.32. The zero-order valence-corrected chi connectivity index (χ0v) is 9.60. The number of benzene rings is 1. The number of carboxylic acids is 1. The monoisotopic (exact) mass is 266 g/mol. The van der Waals surface area contributed by atoms with Gasteiger partial charge in [-0.1, -0.05) is 17.7 Å². The molecule has 1 aromatic heterocycles. The minimum atomic E-state index is -1.23. The second-order valence-corrected chi connectivity index (χ2v) is 3.68. The van der Waals surface area contributed by atoms with Gasteiger partial charge in [-0.15, -0.1) is 0 Å². The lowest BCUT2D eigenvalue weighted by atomic mass is 10.1. The summed E-state index contributed by atoms with van der Waals surface area (Å²) < 4.78 is 0. The SMILES string of the molecule is O=C(Nc1cccc(Cl)c1C(=O)O)c1cn[nH]n1. The predicted molar refractivity (Wildman–Crippen MR) is 62.7 cm³/mol. The number of amides is 1. The molecule has 92 valence electrons. The summed E-state index contributed by atoms with van der Waals surface area (Å²) in [6.45, 7) is 0. The molecule has 0 unspecified atom stereocenters. The molecule has 18 heavy (non-hydrogen) atoms. The third kappa shape index (κ3) is 2.30. The van der Waals surface area contributed by atoms with Gasteiger partial charge in [-0.05, 0) is 12.1 Å². The van der Waals surface area contributed by atoms with Crippen LogP contribution in [0.2, 0.25) is 5.02 Å². The van der Waals surface area contributed by atoms with E-state index in [1.807, 2.05) is 0 Å². The Labute approximate surface area is 106 Å². The first-order chi connectivity index (χ1) is 8.59. The first-order valence-corrected chi connectivity index (χ1v) is 5.16. The quantitative estimate of drug-likeness (QED) is 0.778. The highest BCUT2D eigenvalue weighted by Gasteiger charge is 2.17. The molecular formula is C10H7ClN4O3. The van der Waals surface area contributed by atoms with E-state index in [4.69, 9.17) is 16.7 Å². The average molecular weight is 267 g/mol. The van der Waals surface area contributed by atoms with Crippen LogP contribution in [0.5, 0.6) is 0 Å². The number of carboxylic acid groups (broad SMARTS) is 1. The molecular weight excluding hydrogens is 260 g/mol. The molecule has 0 fully saturated rings. The molecule has 0 saturated heterocycles. The lowest BCUT2D eigenvalue weighted by Gasteiger charge is -2.08. The van der Waals surface area contributed by atoms with Gasteiger partial charge < -0.3 is 10.4 Å². The lowest BCUT2D eigenvalue weighted by molar-refractivity contribution is 0.0698. The summed E-state index contributed by atoms with van der Waals surface area (Å²) >= 11 is 5.77. The van der Waals surface area contributed by atoms with Crippen molar-refractivity contribution in [2.45, 2.75) is 0 Å². The maximum Gasteiger partial charge on any atom is 0.339 e. The molecule has 0 spiro atoms. The zero-order chi connectivity index (χ0) is 13.1. The summed E-state index contributed by atoms with van der Waals surface area (Å²) in [6, 6.07) is 4.40. The molecule has 2 aromatic rings. The molecule has 1 amide bonds. The van der Waals surface area contributed by atoms with Gasteiger partial charge >= 0.3 is 5.97 Å². The van der Waals surface area contributed by atoms with Crippen molar-refractivity contribution in [2.75, 3.05) is 5.32 Å². The zero-order valence-electron chi connectivity index (χ0n) is 8.85. The number of hydrogen-bond acceptors (Lipinski definition) is 4. The highest BCUT2D eigenvalue weighted by atomic mass is 35.5. The molecule has 0 aliphatic rings. The van der Waals surface area contributed by atoms with Crippen molar-refractivity contribution >= 4 is 29.2 Å². The number of carbonyl (C=O) groups is 2. The number of aromatic amines is 1. The van der Waals surface area contributed by atoms with Gasteiger partial charge in [0.1, 0.15) is 5.56 Å². The minimum Gasteiger partial charge on any atom is -0.478 e. The molecule has 0 bridgehead atoms. The van der Waals surface area contributed by atoms with Crippen LogP contribution < -0.4 is 5.32 Å². The van der Waals surface area contributed by atoms with Crippen molar-refractivity contribution in [2.24, 2.45) is 0 Å². The molecule has 1 heterocycles. The number of carbonyl (C=O) groups excluding carboxylic acids is 1. The van der Waals surface area contributed by atoms with Crippen LogP contribution in [0.4, 0.5) is 5.69 Å². The summed E-state index contributed by atoms with van der Waals surface area (Å²) in [7, 11) is 0. The largest absolute Gasteiger partial charge is 0.478 e. The van der Waals surface area contributed by atoms with Crippen LogP contribution in [0.25, 0.3) is 0 Å². The van der Waals surface area contributed by atoms with Crippen molar-refractivity contribution in [3.8, 4) is 0 Å². The molecule has 0 saturated carbocycles. The van der Waals surface area contributed by atoms with E-state index in [1.165, 1.54) is 24.4 Å². The minimum absolute atomic E-state index is 0.0421. The number of nitrogens with one attached hydrogen (secondary N) is 2. The Morgan fingerprint density at radius 2 is 2.17 bits per heavy atom. The summed E-state index contributed by atoms with van der Waals surface area (Å²) in [4.78, 5) is 22.7. The fourth-order valence-corrected chi connectivity index (χ4v) is 1.60. The Kier molecular flexibility index (Phi) is 3.24. The first kappa shape index (κ1) is 12.1. The number of H-pyrrole nitrogens is 1. The van der Waals surface area contributed by atoms with Crippen molar-refractivity contribution in [1.82, 2.24) is 15.4 Å². The molecule has 0 atom stereocenters. The van der Waals surface area contributed by atoms with E-state index in [0.29, 0.717) is 0 Å². The summed E-state index contributed by atoms with van der Waals surface area (Å²) in [5.74, 6) is -1.80. The molecule has 8 heteroatoms. The van der Waals surface area contributed by atoms with Crippen LogP contribution in [0.1, 0.15) is 20.8 Å². The van der Waals surface area contributed by atoms with E-state index in [9.17, 15) is 9.59 Å². The Bertz CT molecular complexity index is 597. The molecule has 7 nitrogen and oxygen atoms in total. The predicted octanol–water partition coefficient (Wildman–Crippen LogP) is 1.41. The van der Waals surface area contributed by atoms with E-state index in [-0.39, 0.29) is 22.0 Å². The second-order valence-electron chi connectivity index (χ2n) is 3.28. The third-order valence-electron chi connectivity index (χ3n) is 2.12. The van der Waals surface area contributed by atoms with Gasteiger partial charge in [-0.3, -0.25) is 4.79 Å². The van der Waals surface area contributed by atoms with Crippen LogP contribution in [0.15, 0.2) is 24.4 Å². The van der Waals surface area contributed by atoms with Gasteiger partial charge in [0.2, 0.25) is 0 Å². The lowest BCUT2D eigenvalue weighted by Crippen LogP contribution is -2.15. The highest BCUT2D eigenvalue weighted by Crippen LogP contribution is 2.24. The van der Waals surface area contributed by atoms with Crippen LogP contribution in [-0.4, -0.2) is 32.4 Å². The van der Waals surface area contributed by atoms with Crippen molar-refractivity contribution in [1.29, 1.82) is 0 Å². The number of hydrogen-bond donors (Lipinski definition) is 3. The number of aromatic carboxylic acids is 1. The van der Waals surface area contributed by atoms with Gasteiger partial charge in [0.25, 0.3) is 5.91 Å². The molecule has 0 radical (unpaired) electrons. The van der Waals surface area contributed by atoms with Crippen LogP contribution in [0, 0.1) is 0 Å². The maximum atomic E-state index is 11.7. The third-order valence-corrected chi connectivity index (χ3v) is 2.44. The van der Waals surface area contributed by atoms with E-state index in [0.717, 1.165) is 0 Å². The van der Waals surface area contributed by atoms with E-state index in [1.54, 1.807) is 0 Å². The van der Waals surface area contributed by atoms with Crippen molar-refractivity contribution in [3.05, 3.63) is 40.7 Å². The molecule has 0 aliphatic heterocycles. The second kappa shape index (κ2) is 4.84. The fourth-order valence-electron chi connectivity index (χ4n) is 1.34. The van der Waals surface area contributed by atoms with Gasteiger partial charge in [0, 0.05) is 0 Å².